The molecular formula is C27H35BrFN5O. The van der Waals surface area contributed by atoms with Gasteiger partial charge in [-0.25, -0.2) is 9.37 Å². The van der Waals surface area contributed by atoms with E-state index >= 15 is 0 Å². The number of hydrogen-bond donors (Lipinski definition) is 1. The molecule has 1 aromatic heterocycles. The zero-order chi connectivity index (χ0) is 25.2. The van der Waals surface area contributed by atoms with Gasteiger partial charge in [0.1, 0.15) is 5.82 Å². The van der Waals surface area contributed by atoms with Gasteiger partial charge in [0.2, 0.25) is 0 Å². The summed E-state index contributed by atoms with van der Waals surface area (Å²) in [4.78, 5) is 22.9. The first-order valence-corrected chi connectivity index (χ1v) is 13.0. The Bertz CT molecular complexity index is 1190. The monoisotopic (exact) mass is 543 g/mol. The van der Waals surface area contributed by atoms with Crippen LogP contribution in [0.3, 0.4) is 0 Å². The third-order valence-corrected chi connectivity index (χ3v) is 6.73. The number of aromatic nitrogens is 2. The molecule has 1 aliphatic heterocycles. The van der Waals surface area contributed by atoms with Crippen molar-refractivity contribution in [2.45, 2.75) is 52.7 Å². The molecule has 4 rings (SSSR count). The molecule has 0 radical (unpaired) electrons. The van der Waals surface area contributed by atoms with Crippen LogP contribution in [0.1, 0.15) is 37.8 Å². The molecule has 1 N–H and O–H groups in total. The molecule has 2 heterocycles. The van der Waals surface area contributed by atoms with Crippen molar-refractivity contribution in [2.24, 2.45) is 4.99 Å². The second kappa shape index (κ2) is 13.6. The van der Waals surface area contributed by atoms with Crippen molar-refractivity contribution in [1.82, 2.24) is 19.8 Å². The third kappa shape index (κ3) is 8.05. The average Bonchev–Trinajstić information content (AvgIpc) is 2.86. The summed E-state index contributed by atoms with van der Waals surface area (Å²) in [6, 6.07) is 11.7. The maximum atomic E-state index is 13.7. The van der Waals surface area contributed by atoms with Crippen molar-refractivity contribution in [3.63, 3.8) is 0 Å². The maximum absolute atomic E-state index is 13.7. The minimum absolute atomic E-state index is 0.0671. The number of hydrogen-bond acceptors (Lipinski definition) is 5. The van der Waals surface area contributed by atoms with Gasteiger partial charge in [-0.05, 0) is 88.3 Å². The standard InChI is InChI=1S/C23H26BrFN4O.C4H9N/c1-16-2-3-17(12-20(16)25)14-26-19-6-8-28(9-7-19)10-11-29-22-13-18(24)4-5-21(22)27-15-23(29)30;1-3-5-4-2/h2-5,12-13,15,19,26H,6-11,14H2,1H3;3H,4H2,1-2H3. The molecule has 6 nitrogen and oxygen atoms in total. The minimum Gasteiger partial charge on any atom is -0.310 e. The number of fused-ring (bicyclic) bond motifs is 1. The topological polar surface area (TPSA) is 62.5 Å². The summed E-state index contributed by atoms with van der Waals surface area (Å²) in [5.74, 6) is -0.143. The van der Waals surface area contributed by atoms with Crippen LogP contribution in [0, 0.1) is 12.7 Å². The zero-order valence-corrected chi connectivity index (χ0v) is 22.4. The highest BCUT2D eigenvalue weighted by molar-refractivity contribution is 9.10. The van der Waals surface area contributed by atoms with Crippen molar-refractivity contribution >= 4 is 33.2 Å². The summed E-state index contributed by atoms with van der Waals surface area (Å²) in [6.45, 7) is 10.8. The fourth-order valence-electron chi connectivity index (χ4n) is 4.16. The molecule has 0 unspecified atom stereocenters. The quantitative estimate of drug-likeness (QED) is 0.428. The highest BCUT2D eigenvalue weighted by atomic mass is 79.9. The molecule has 188 valence electrons. The van der Waals surface area contributed by atoms with Crippen molar-refractivity contribution in [2.75, 3.05) is 26.2 Å². The van der Waals surface area contributed by atoms with Crippen LogP contribution < -0.4 is 10.9 Å². The van der Waals surface area contributed by atoms with Crippen LogP contribution in [0.15, 0.2) is 56.9 Å². The largest absolute Gasteiger partial charge is 0.310 e. The number of aliphatic imine (C=N–C) groups is 1. The summed E-state index contributed by atoms with van der Waals surface area (Å²) in [5.41, 5.74) is 3.28. The van der Waals surface area contributed by atoms with Gasteiger partial charge in [0.15, 0.2) is 0 Å². The fraction of sp³-hybridized carbons (Fsp3) is 0.444. The number of aryl methyl sites for hydroxylation is 1. The average molecular weight is 545 g/mol. The molecule has 1 fully saturated rings. The van der Waals surface area contributed by atoms with Crippen LogP contribution in [0.25, 0.3) is 11.0 Å². The van der Waals surface area contributed by atoms with Crippen LogP contribution in [-0.2, 0) is 13.1 Å². The van der Waals surface area contributed by atoms with Crippen molar-refractivity contribution in [3.8, 4) is 0 Å². The van der Waals surface area contributed by atoms with E-state index in [-0.39, 0.29) is 11.4 Å². The Morgan fingerprint density at radius 1 is 1.20 bits per heavy atom. The van der Waals surface area contributed by atoms with E-state index < -0.39 is 0 Å². The van der Waals surface area contributed by atoms with E-state index in [1.165, 1.54) is 6.20 Å². The van der Waals surface area contributed by atoms with Crippen LogP contribution in [-0.4, -0.2) is 52.9 Å². The highest BCUT2D eigenvalue weighted by Crippen LogP contribution is 2.17. The van der Waals surface area contributed by atoms with E-state index in [0.29, 0.717) is 24.7 Å². The first-order valence-electron chi connectivity index (χ1n) is 12.2. The van der Waals surface area contributed by atoms with Gasteiger partial charge < -0.3 is 14.8 Å². The Labute approximate surface area is 215 Å². The number of likely N-dealkylation sites (tertiary alicyclic amines) is 1. The second-order valence-electron chi connectivity index (χ2n) is 8.72. The molecule has 0 saturated carbocycles. The first-order chi connectivity index (χ1) is 16.9. The summed E-state index contributed by atoms with van der Waals surface area (Å²) in [5, 5.41) is 3.56. The molecule has 0 aliphatic carbocycles. The molecule has 35 heavy (non-hydrogen) atoms. The van der Waals surface area contributed by atoms with Gasteiger partial charge >= 0.3 is 0 Å². The molecular weight excluding hydrogens is 509 g/mol. The number of rotatable bonds is 7. The van der Waals surface area contributed by atoms with E-state index in [2.05, 4.69) is 36.1 Å². The van der Waals surface area contributed by atoms with E-state index in [9.17, 15) is 9.18 Å². The summed E-state index contributed by atoms with van der Waals surface area (Å²) in [6.07, 6.45) is 5.30. The van der Waals surface area contributed by atoms with Crippen LogP contribution in [0.4, 0.5) is 4.39 Å². The molecule has 0 atom stereocenters. The van der Waals surface area contributed by atoms with E-state index in [4.69, 9.17) is 0 Å². The second-order valence-corrected chi connectivity index (χ2v) is 9.63. The lowest BCUT2D eigenvalue weighted by Gasteiger charge is -2.32. The smallest absolute Gasteiger partial charge is 0.269 e. The van der Waals surface area contributed by atoms with Gasteiger partial charge in [0, 0.05) is 36.7 Å². The van der Waals surface area contributed by atoms with Gasteiger partial charge in [-0.3, -0.25) is 9.79 Å². The zero-order valence-electron chi connectivity index (χ0n) is 20.8. The molecule has 1 saturated heterocycles. The van der Waals surface area contributed by atoms with Gasteiger partial charge in [-0.2, -0.15) is 0 Å². The van der Waals surface area contributed by atoms with Gasteiger partial charge in [-0.15, -0.1) is 0 Å². The minimum atomic E-state index is -0.143. The Balaban J connectivity index is 0.000000623. The number of nitrogens with one attached hydrogen (secondary N) is 1. The Morgan fingerprint density at radius 3 is 2.63 bits per heavy atom. The molecule has 0 amide bonds. The van der Waals surface area contributed by atoms with E-state index in [1.54, 1.807) is 19.2 Å². The normalized spacial score (nSPS) is 14.9. The molecule has 2 aromatic carbocycles. The van der Waals surface area contributed by atoms with Gasteiger partial charge in [0.25, 0.3) is 5.56 Å². The van der Waals surface area contributed by atoms with Crippen LogP contribution in [0.5, 0.6) is 0 Å². The first kappa shape index (κ1) is 27.2. The molecule has 1 aliphatic rings. The number of nitrogens with zero attached hydrogens (tertiary/aromatic N) is 4. The fourth-order valence-corrected chi connectivity index (χ4v) is 4.51. The maximum Gasteiger partial charge on any atom is 0.269 e. The summed E-state index contributed by atoms with van der Waals surface area (Å²) >= 11 is 3.48. The van der Waals surface area contributed by atoms with Crippen molar-refractivity contribution in [3.05, 3.63) is 74.4 Å². The van der Waals surface area contributed by atoms with Gasteiger partial charge in [-0.1, -0.05) is 28.1 Å². The SMILES string of the molecule is CC=NCC.Cc1ccc(CNC2CCN(CCn3c(=O)cnc4ccc(Br)cc43)CC2)cc1F. The number of piperidine rings is 1. The Morgan fingerprint density at radius 2 is 1.97 bits per heavy atom. The van der Waals surface area contributed by atoms with E-state index in [1.807, 2.05) is 48.7 Å². The Kier molecular flexibility index (Phi) is 10.6. The lowest BCUT2D eigenvalue weighted by Crippen LogP contribution is -2.43. The number of halogens is 2. The molecule has 0 bridgehead atoms. The van der Waals surface area contributed by atoms with E-state index in [0.717, 1.165) is 60.1 Å². The predicted octanol–water partition coefficient (Wildman–Crippen LogP) is 4.96. The third-order valence-electron chi connectivity index (χ3n) is 6.23. The summed E-state index contributed by atoms with van der Waals surface area (Å²) in [7, 11) is 0. The lowest BCUT2D eigenvalue weighted by atomic mass is 10.0. The highest BCUT2D eigenvalue weighted by Gasteiger charge is 2.19. The Hall–Kier alpha value is -2.42. The summed E-state index contributed by atoms with van der Waals surface area (Å²) < 4.78 is 16.5. The number of benzene rings is 2. The molecule has 3 aromatic rings. The van der Waals surface area contributed by atoms with Crippen molar-refractivity contribution in [1.29, 1.82) is 0 Å². The van der Waals surface area contributed by atoms with Crippen LogP contribution in [0.2, 0.25) is 0 Å². The molecule has 8 heteroatoms. The molecule has 0 spiro atoms. The lowest BCUT2D eigenvalue weighted by molar-refractivity contribution is 0.191. The predicted molar refractivity (Wildman–Crippen MR) is 146 cm³/mol. The van der Waals surface area contributed by atoms with Gasteiger partial charge in [0.05, 0.1) is 17.2 Å². The van der Waals surface area contributed by atoms with Crippen molar-refractivity contribution < 1.29 is 4.39 Å². The van der Waals surface area contributed by atoms with Crippen LogP contribution >= 0.6 is 15.9 Å².